The van der Waals surface area contributed by atoms with Crippen molar-refractivity contribution in [1.82, 2.24) is 0 Å². The lowest BCUT2D eigenvalue weighted by Gasteiger charge is -2.17. The van der Waals surface area contributed by atoms with E-state index in [-0.39, 0.29) is 5.69 Å². The molecule has 5 heteroatoms. The van der Waals surface area contributed by atoms with Gasteiger partial charge in [0, 0.05) is 12.1 Å². The number of non-ortho nitro benzene ring substituents is 1. The molecule has 0 aliphatic rings. The molecule has 0 fully saturated rings. The second kappa shape index (κ2) is 3.83. The summed E-state index contributed by atoms with van der Waals surface area (Å²) >= 11 is 0. The van der Waals surface area contributed by atoms with Crippen molar-refractivity contribution in [2.45, 2.75) is 19.6 Å². The quantitative estimate of drug-likeness (QED) is 0.333. The van der Waals surface area contributed by atoms with E-state index < -0.39 is 13.0 Å². The first-order valence-electron chi connectivity index (χ1n) is 4.52. The predicted octanol–water partition coefficient (Wildman–Crippen LogP) is 2.69. The Hall–Kier alpha value is -1.67. The van der Waals surface area contributed by atoms with Crippen molar-refractivity contribution in [3.63, 3.8) is 0 Å². The Morgan fingerprint density at radius 2 is 2.00 bits per heavy atom. The van der Waals surface area contributed by atoms with Gasteiger partial charge in [-0.3, -0.25) is 10.1 Å². The minimum atomic E-state index is -1.59. The van der Waals surface area contributed by atoms with Crippen molar-refractivity contribution in [1.29, 1.82) is 0 Å². The Morgan fingerprint density at radius 3 is 2.40 bits per heavy atom. The Kier molecular flexibility index (Phi) is 2.91. The van der Waals surface area contributed by atoms with E-state index in [1.807, 2.05) is 0 Å². The van der Waals surface area contributed by atoms with Gasteiger partial charge in [-0.15, -0.1) is 0 Å². The summed E-state index contributed by atoms with van der Waals surface area (Å²) in [6.45, 7) is 13.4. The summed E-state index contributed by atoms with van der Waals surface area (Å²) in [6, 6.07) is 4.56. The monoisotopic (exact) mass is 220 g/mol. The molecule has 4 nitrogen and oxygen atoms in total. The molecule has 0 saturated carbocycles. The lowest BCUT2D eigenvalue weighted by molar-refractivity contribution is -0.384. The lowest BCUT2D eigenvalue weighted by atomic mass is 10.3. The molecule has 0 saturated heterocycles. The Bertz CT molecular complexity index is 444. The van der Waals surface area contributed by atoms with Crippen LogP contribution in [-0.4, -0.2) is 13.0 Å². The molecule has 0 atom stereocenters. The molecule has 0 unspecified atom stereocenters. The van der Waals surface area contributed by atoms with Gasteiger partial charge in [-0.2, -0.15) is 0 Å². The lowest BCUT2D eigenvalue weighted by Crippen LogP contribution is -2.37. The first kappa shape index (κ1) is 11.4. The normalized spacial score (nSPS) is 10.8. The smallest absolute Gasteiger partial charge is 0.258 e. The SMILES string of the molecule is [C-]#[N+]c1cc([N+](=O)[O-])ccc1[Si](C)(C)C. The number of nitro benzene ring substituents is 1. The third-order valence-electron chi connectivity index (χ3n) is 2.12. The zero-order valence-electron chi connectivity index (χ0n) is 8.94. The van der Waals surface area contributed by atoms with E-state index in [1.165, 1.54) is 12.1 Å². The number of nitrogens with zero attached hydrogens (tertiary/aromatic N) is 2. The van der Waals surface area contributed by atoms with Crippen LogP contribution in [0.2, 0.25) is 19.6 Å². The summed E-state index contributed by atoms with van der Waals surface area (Å²) in [5.41, 5.74) is 0.409. The molecule has 0 aliphatic carbocycles. The van der Waals surface area contributed by atoms with Gasteiger partial charge in [0.25, 0.3) is 5.69 Å². The van der Waals surface area contributed by atoms with Gasteiger partial charge in [-0.25, -0.2) is 4.85 Å². The van der Waals surface area contributed by atoms with E-state index in [0.717, 1.165) is 5.19 Å². The average Bonchev–Trinajstić information content (AvgIpc) is 2.15. The van der Waals surface area contributed by atoms with Crippen molar-refractivity contribution in [3.8, 4) is 0 Å². The largest absolute Gasteiger partial charge is 0.259 e. The van der Waals surface area contributed by atoms with E-state index in [4.69, 9.17) is 6.57 Å². The van der Waals surface area contributed by atoms with Crippen LogP contribution in [0.1, 0.15) is 0 Å². The van der Waals surface area contributed by atoms with Crippen molar-refractivity contribution < 1.29 is 4.92 Å². The predicted molar refractivity (Wildman–Crippen MR) is 62.3 cm³/mol. The van der Waals surface area contributed by atoms with Crippen molar-refractivity contribution >= 4 is 24.6 Å². The summed E-state index contributed by atoms with van der Waals surface area (Å²) in [5, 5.41) is 11.5. The fourth-order valence-electron chi connectivity index (χ4n) is 1.36. The van der Waals surface area contributed by atoms with Gasteiger partial charge < -0.3 is 0 Å². The van der Waals surface area contributed by atoms with Crippen LogP contribution in [0.3, 0.4) is 0 Å². The van der Waals surface area contributed by atoms with Crippen LogP contribution in [0.15, 0.2) is 18.2 Å². The first-order chi connectivity index (χ1) is 6.86. The van der Waals surface area contributed by atoms with Crippen LogP contribution in [0.25, 0.3) is 4.85 Å². The molecule has 1 aromatic rings. The van der Waals surface area contributed by atoms with Gasteiger partial charge in [0.2, 0.25) is 0 Å². The second-order valence-corrected chi connectivity index (χ2v) is 9.36. The number of hydrogen-bond acceptors (Lipinski definition) is 2. The molecule has 0 N–H and O–H groups in total. The zero-order chi connectivity index (χ0) is 11.6. The summed E-state index contributed by atoms with van der Waals surface area (Å²) in [6.07, 6.45) is 0. The molecule has 0 spiro atoms. The highest BCUT2D eigenvalue weighted by molar-refractivity contribution is 6.89. The Labute approximate surface area is 89.5 Å². The molecular formula is C10H12N2O2Si. The molecule has 0 heterocycles. The van der Waals surface area contributed by atoms with E-state index >= 15 is 0 Å². The molecule has 1 rings (SSSR count). The highest BCUT2D eigenvalue weighted by Crippen LogP contribution is 2.21. The Morgan fingerprint density at radius 1 is 1.40 bits per heavy atom. The molecule has 0 bridgehead atoms. The molecule has 1 aromatic carbocycles. The minimum Gasteiger partial charge on any atom is -0.258 e. The van der Waals surface area contributed by atoms with Crippen molar-refractivity contribution in [2.75, 3.05) is 0 Å². The summed E-state index contributed by atoms with van der Waals surface area (Å²) in [5.74, 6) is 0. The standard InChI is InChI=1S/C10H12N2O2Si/c1-11-9-7-8(12(13)14)5-6-10(9)15(2,3)4/h5-7H,2-4H3. The summed E-state index contributed by atoms with van der Waals surface area (Å²) in [7, 11) is -1.59. The summed E-state index contributed by atoms with van der Waals surface area (Å²) < 4.78 is 0. The third kappa shape index (κ3) is 2.42. The van der Waals surface area contributed by atoms with Gasteiger partial charge in [0.1, 0.15) is 0 Å². The average molecular weight is 220 g/mol. The van der Waals surface area contributed by atoms with Gasteiger partial charge in [-0.05, 0) is 0 Å². The maximum absolute atomic E-state index is 10.5. The number of nitro groups is 1. The first-order valence-corrected chi connectivity index (χ1v) is 8.02. The fourth-order valence-corrected chi connectivity index (χ4v) is 2.84. The maximum atomic E-state index is 10.5. The molecule has 0 aromatic heterocycles. The molecule has 0 amide bonds. The highest BCUT2D eigenvalue weighted by atomic mass is 28.3. The van der Waals surface area contributed by atoms with Crippen LogP contribution in [0.5, 0.6) is 0 Å². The van der Waals surface area contributed by atoms with Gasteiger partial charge in [0.15, 0.2) is 5.69 Å². The maximum Gasteiger partial charge on any atom is 0.259 e. The molecule has 15 heavy (non-hydrogen) atoms. The van der Waals surface area contributed by atoms with E-state index in [9.17, 15) is 10.1 Å². The number of hydrogen-bond donors (Lipinski definition) is 0. The highest BCUT2D eigenvalue weighted by Gasteiger charge is 2.22. The molecular weight excluding hydrogens is 208 g/mol. The van der Waals surface area contributed by atoms with Crippen molar-refractivity contribution in [2.24, 2.45) is 0 Å². The number of benzene rings is 1. The third-order valence-corrected chi connectivity index (χ3v) is 4.16. The Balaban J connectivity index is 3.36. The van der Waals surface area contributed by atoms with Crippen LogP contribution < -0.4 is 5.19 Å². The van der Waals surface area contributed by atoms with Crippen LogP contribution >= 0.6 is 0 Å². The van der Waals surface area contributed by atoms with Crippen LogP contribution in [0, 0.1) is 16.7 Å². The van der Waals surface area contributed by atoms with Crippen molar-refractivity contribution in [3.05, 3.63) is 39.7 Å². The van der Waals surface area contributed by atoms with E-state index in [2.05, 4.69) is 24.5 Å². The number of rotatable bonds is 2. The summed E-state index contributed by atoms with van der Waals surface area (Å²) in [4.78, 5) is 13.4. The van der Waals surface area contributed by atoms with Gasteiger partial charge in [-0.1, -0.05) is 30.9 Å². The second-order valence-electron chi connectivity index (χ2n) is 4.32. The molecule has 0 radical (unpaired) electrons. The van der Waals surface area contributed by atoms with Crippen LogP contribution in [0.4, 0.5) is 11.4 Å². The van der Waals surface area contributed by atoms with Crippen LogP contribution in [-0.2, 0) is 0 Å². The molecule has 78 valence electrons. The topological polar surface area (TPSA) is 47.5 Å². The van der Waals surface area contributed by atoms with E-state index in [0.29, 0.717) is 5.69 Å². The minimum absolute atomic E-state index is 0.0111. The van der Waals surface area contributed by atoms with Gasteiger partial charge >= 0.3 is 0 Å². The van der Waals surface area contributed by atoms with E-state index in [1.54, 1.807) is 6.07 Å². The fraction of sp³-hybridized carbons (Fsp3) is 0.300. The zero-order valence-corrected chi connectivity index (χ0v) is 9.94. The molecule has 0 aliphatic heterocycles. The van der Waals surface area contributed by atoms with Gasteiger partial charge in [0.05, 0.1) is 19.6 Å².